The molecule has 4 aromatic rings. The van der Waals surface area contributed by atoms with Crippen LogP contribution in [0.2, 0.25) is 0 Å². The van der Waals surface area contributed by atoms with Crippen molar-refractivity contribution in [3.63, 3.8) is 0 Å². The van der Waals surface area contributed by atoms with Gasteiger partial charge >= 0.3 is 12.2 Å². The van der Waals surface area contributed by atoms with E-state index in [0.717, 1.165) is 35.1 Å². The summed E-state index contributed by atoms with van der Waals surface area (Å²) < 4.78 is 11.5. The lowest BCUT2D eigenvalue weighted by molar-refractivity contribution is -0.0705. The van der Waals surface area contributed by atoms with Gasteiger partial charge in [-0.05, 0) is 37.6 Å². The van der Waals surface area contributed by atoms with Gasteiger partial charge in [-0.3, -0.25) is 0 Å². The van der Waals surface area contributed by atoms with E-state index >= 15 is 0 Å². The Morgan fingerprint density at radius 3 is 2.83 bits per heavy atom. The maximum absolute atomic E-state index is 5.80. The van der Waals surface area contributed by atoms with Gasteiger partial charge in [0.2, 0.25) is 0 Å². The molecule has 2 aromatic heterocycles. The number of aromatic nitrogens is 4. The summed E-state index contributed by atoms with van der Waals surface area (Å²) in [6.45, 7) is 5.29. The van der Waals surface area contributed by atoms with Crippen molar-refractivity contribution in [1.29, 1.82) is 0 Å². The Balaban J connectivity index is 1.56. The summed E-state index contributed by atoms with van der Waals surface area (Å²) in [4.78, 5) is 11.7. The number of para-hydroxylation sites is 1. The summed E-state index contributed by atoms with van der Waals surface area (Å²) in [7, 11) is 0. The normalized spacial score (nSPS) is 10.7. The van der Waals surface area contributed by atoms with Crippen LogP contribution in [0.15, 0.2) is 47.6 Å². The molecular formula is C22H23N6O2+. The molecule has 0 atom stereocenters. The summed E-state index contributed by atoms with van der Waals surface area (Å²) >= 11 is 0. The molecule has 0 fully saturated rings. The average molecular weight is 403 g/mol. The first-order valence-corrected chi connectivity index (χ1v) is 10.0. The highest BCUT2D eigenvalue weighted by Gasteiger charge is 2.11. The maximum Gasteiger partial charge on any atom is 0.353 e. The number of nitrogens with zero attached hydrogens (tertiary/aromatic N) is 5. The number of unbranched alkanes of at least 4 members (excludes halogenated alkanes) is 1. The molecular weight excluding hydrogens is 380 g/mol. The predicted octanol–water partition coefficient (Wildman–Crippen LogP) is 4.49. The molecule has 1 N–H and O–H groups in total. The minimum absolute atomic E-state index is 0.190. The monoisotopic (exact) mass is 403 g/mol. The van der Waals surface area contributed by atoms with Gasteiger partial charge in [-0.2, -0.15) is 4.98 Å². The quantitative estimate of drug-likeness (QED) is 0.202. The third kappa shape index (κ3) is 4.29. The predicted molar refractivity (Wildman–Crippen MR) is 115 cm³/mol. The van der Waals surface area contributed by atoms with E-state index in [2.05, 4.69) is 37.0 Å². The third-order valence-electron chi connectivity index (χ3n) is 4.49. The van der Waals surface area contributed by atoms with Crippen LogP contribution in [-0.2, 0) is 0 Å². The number of H-pyrrole nitrogens is 1. The number of hydrogen-bond acceptors (Lipinski definition) is 6. The zero-order chi connectivity index (χ0) is 20.8. The van der Waals surface area contributed by atoms with Crippen molar-refractivity contribution in [2.45, 2.75) is 26.7 Å². The molecule has 0 unspecified atom stereocenters. The van der Waals surface area contributed by atoms with E-state index in [1.807, 2.05) is 49.4 Å². The fourth-order valence-electron chi connectivity index (χ4n) is 3.02. The highest BCUT2D eigenvalue weighted by atomic mass is 16.5. The number of nitrogens with one attached hydrogen (secondary N) is 1. The van der Waals surface area contributed by atoms with Crippen LogP contribution in [0, 0.1) is 0 Å². The minimum Gasteiger partial charge on any atom is -0.490 e. The number of benzene rings is 2. The molecule has 8 heteroatoms. The van der Waals surface area contributed by atoms with Gasteiger partial charge in [0.1, 0.15) is 5.52 Å². The van der Waals surface area contributed by atoms with Crippen molar-refractivity contribution in [2.24, 2.45) is 5.11 Å². The lowest BCUT2D eigenvalue weighted by atomic mass is 10.2. The fraction of sp³-hybridized carbons (Fsp3) is 0.273. The number of hydrogen-bond donors (Lipinski definition) is 1. The second-order valence-electron chi connectivity index (χ2n) is 6.67. The van der Waals surface area contributed by atoms with Gasteiger partial charge in [-0.15, -0.1) is 10.2 Å². The van der Waals surface area contributed by atoms with Gasteiger partial charge in [-0.25, -0.2) is 0 Å². The molecule has 2 aromatic carbocycles. The average Bonchev–Trinajstić information content (AvgIpc) is 3.13. The van der Waals surface area contributed by atoms with E-state index in [-0.39, 0.29) is 5.95 Å². The highest BCUT2D eigenvalue weighted by Crippen LogP contribution is 2.28. The van der Waals surface area contributed by atoms with Crippen molar-refractivity contribution in [1.82, 2.24) is 20.2 Å². The molecule has 0 amide bonds. The lowest BCUT2D eigenvalue weighted by Crippen LogP contribution is -2.01. The summed E-state index contributed by atoms with van der Waals surface area (Å²) in [5.41, 5.74) is 3.14. The van der Waals surface area contributed by atoms with Crippen LogP contribution >= 0.6 is 0 Å². The van der Waals surface area contributed by atoms with Crippen molar-refractivity contribution < 1.29 is 14.3 Å². The molecule has 0 bridgehead atoms. The smallest absolute Gasteiger partial charge is 0.353 e. The Labute approximate surface area is 173 Å². The lowest BCUT2D eigenvalue weighted by Gasteiger charge is -2.11. The van der Waals surface area contributed by atoms with Gasteiger partial charge in [0.25, 0.3) is 0 Å². The van der Waals surface area contributed by atoms with Gasteiger partial charge < -0.3 is 14.5 Å². The van der Waals surface area contributed by atoms with Gasteiger partial charge in [0.15, 0.2) is 22.3 Å². The van der Waals surface area contributed by atoms with E-state index in [0.29, 0.717) is 30.1 Å². The second-order valence-corrected chi connectivity index (χ2v) is 6.67. The summed E-state index contributed by atoms with van der Waals surface area (Å²) in [5, 5.41) is 13.3. The van der Waals surface area contributed by atoms with E-state index in [4.69, 9.17) is 9.47 Å². The molecule has 0 aliphatic rings. The second kappa shape index (κ2) is 9.15. The SMILES string of the molecule is CCCCOc1ccc(C=[N+]=Nc2nnc3c(n2)[nH]c2ccccc23)cc1OCC. The third-order valence-corrected chi connectivity index (χ3v) is 4.49. The first-order valence-electron chi connectivity index (χ1n) is 10.0. The standard InChI is InChI=1S/C22H22N6O2/c1-3-5-12-30-18-11-10-15(13-19(18)29-4-2)14-23-27-22-25-21-20(26-28-22)16-8-6-7-9-17(16)24-21/h6-11,13-14H,3-5,12H2,1-2H3/p+1. The number of fused-ring (bicyclic) bond motifs is 3. The molecule has 30 heavy (non-hydrogen) atoms. The molecule has 0 aliphatic carbocycles. The molecule has 0 radical (unpaired) electrons. The van der Waals surface area contributed by atoms with Crippen molar-refractivity contribution in [3.05, 3.63) is 48.0 Å². The molecule has 4 rings (SSSR count). The topological polar surface area (TPSA) is 99.4 Å². The van der Waals surface area contributed by atoms with Gasteiger partial charge in [-0.1, -0.05) is 31.5 Å². The first-order chi connectivity index (χ1) is 14.8. The van der Waals surface area contributed by atoms with Crippen LogP contribution in [0.25, 0.3) is 22.1 Å². The zero-order valence-corrected chi connectivity index (χ0v) is 17.0. The van der Waals surface area contributed by atoms with Crippen LogP contribution in [-0.4, -0.2) is 44.4 Å². The van der Waals surface area contributed by atoms with Crippen molar-refractivity contribution in [3.8, 4) is 11.5 Å². The minimum atomic E-state index is 0.190. The van der Waals surface area contributed by atoms with Crippen LogP contribution in [0.5, 0.6) is 11.5 Å². The van der Waals surface area contributed by atoms with Crippen LogP contribution in [0.4, 0.5) is 5.95 Å². The molecule has 0 saturated carbocycles. The molecule has 8 nitrogen and oxygen atoms in total. The Kier molecular flexibility index (Phi) is 5.96. The highest BCUT2D eigenvalue weighted by molar-refractivity contribution is 6.03. The Bertz CT molecular complexity index is 1230. The van der Waals surface area contributed by atoms with E-state index in [1.54, 1.807) is 6.21 Å². The van der Waals surface area contributed by atoms with E-state index in [9.17, 15) is 0 Å². The molecule has 2 heterocycles. The maximum atomic E-state index is 5.80. The summed E-state index contributed by atoms with van der Waals surface area (Å²) in [5.74, 6) is 1.61. The molecule has 152 valence electrons. The zero-order valence-electron chi connectivity index (χ0n) is 17.0. The van der Waals surface area contributed by atoms with E-state index in [1.165, 1.54) is 0 Å². The van der Waals surface area contributed by atoms with Crippen LogP contribution in [0.1, 0.15) is 32.3 Å². The molecule has 0 spiro atoms. The Hall–Kier alpha value is -3.77. The fourth-order valence-corrected chi connectivity index (χ4v) is 3.02. The number of ether oxygens (including phenoxy) is 2. The number of aromatic amines is 1. The van der Waals surface area contributed by atoms with Crippen LogP contribution in [0.3, 0.4) is 0 Å². The largest absolute Gasteiger partial charge is 0.490 e. The Morgan fingerprint density at radius 1 is 1.07 bits per heavy atom. The first kappa shape index (κ1) is 19.5. The van der Waals surface area contributed by atoms with Crippen LogP contribution < -0.4 is 9.47 Å². The van der Waals surface area contributed by atoms with Gasteiger partial charge in [0.05, 0.1) is 23.6 Å². The van der Waals surface area contributed by atoms with Gasteiger partial charge in [0, 0.05) is 10.9 Å². The summed E-state index contributed by atoms with van der Waals surface area (Å²) in [6, 6.07) is 13.5. The Morgan fingerprint density at radius 2 is 1.97 bits per heavy atom. The van der Waals surface area contributed by atoms with E-state index < -0.39 is 0 Å². The van der Waals surface area contributed by atoms with Crippen molar-refractivity contribution in [2.75, 3.05) is 13.2 Å². The number of rotatable bonds is 8. The summed E-state index contributed by atoms with van der Waals surface area (Å²) in [6.07, 6.45) is 3.71. The molecule has 0 saturated heterocycles. The van der Waals surface area contributed by atoms with Crippen molar-refractivity contribution >= 4 is 34.2 Å². The molecule has 0 aliphatic heterocycles.